The lowest BCUT2D eigenvalue weighted by Crippen LogP contribution is -2.41. The molecule has 0 saturated carbocycles. The van der Waals surface area contributed by atoms with Gasteiger partial charge in [0.25, 0.3) is 5.91 Å². The number of morpholine rings is 1. The molecule has 0 aromatic heterocycles. The highest BCUT2D eigenvalue weighted by Crippen LogP contribution is 2.20. The Bertz CT molecular complexity index is 805. The van der Waals surface area contributed by atoms with Crippen LogP contribution in [0.5, 0.6) is 0 Å². The van der Waals surface area contributed by atoms with Crippen molar-refractivity contribution in [3.05, 3.63) is 62.2 Å². The highest BCUT2D eigenvalue weighted by molar-refractivity contribution is 14.1. The van der Waals surface area contributed by atoms with Crippen LogP contribution in [0.3, 0.4) is 0 Å². The largest absolute Gasteiger partial charge is 0.378 e. The highest BCUT2D eigenvalue weighted by Gasteiger charge is 2.17. The molecule has 2 amide bonds. The van der Waals surface area contributed by atoms with Gasteiger partial charge in [-0.15, -0.1) is 0 Å². The van der Waals surface area contributed by atoms with Crippen LogP contribution in [-0.4, -0.2) is 43.0 Å². The van der Waals surface area contributed by atoms with Gasteiger partial charge in [-0.25, -0.2) is 0 Å². The normalized spacial score (nSPS) is 14.2. The fourth-order valence-electron chi connectivity index (χ4n) is 2.68. The molecule has 0 aliphatic carbocycles. The molecule has 3 rings (SSSR count). The fourth-order valence-corrected chi connectivity index (χ4v) is 3.79. The molecule has 0 spiro atoms. The Labute approximate surface area is 170 Å². The van der Waals surface area contributed by atoms with E-state index >= 15 is 0 Å². The van der Waals surface area contributed by atoms with Crippen LogP contribution >= 0.6 is 34.2 Å². The van der Waals surface area contributed by atoms with E-state index in [0.717, 1.165) is 9.13 Å². The third-order valence-electron chi connectivity index (χ3n) is 4.11. The van der Waals surface area contributed by atoms with Gasteiger partial charge in [0.05, 0.1) is 25.2 Å². The maximum absolute atomic E-state index is 12.4. The van der Waals surface area contributed by atoms with Crippen molar-refractivity contribution in [1.29, 1.82) is 0 Å². The Hall–Kier alpha value is -1.64. The van der Waals surface area contributed by atoms with Gasteiger partial charge in [-0.2, -0.15) is 0 Å². The van der Waals surface area contributed by atoms with Crippen LogP contribution in [0.4, 0.5) is 5.69 Å². The summed E-state index contributed by atoms with van der Waals surface area (Å²) in [6.07, 6.45) is 0.351. The summed E-state index contributed by atoms with van der Waals surface area (Å²) < 4.78 is 6.05. The summed E-state index contributed by atoms with van der Waals surface area (Å²) in [6, 6.07) is 12.5. The molecule has 1 aliphatic rings. The molecule has 1 fully saturated rings. The van der Waals surface area contributed by atoms with Gasteiger partial charge >= 0.3 is 0 Å². The number of benzene rings is 2. The van der Waals surface area contributed by atoms with E-state index in [0.29, 0.717) is 49.0 Å². The van der Waals surface area contributed by atoms with E-state index in [1.807, 2.05) is 29.2 Å². The summed E-state index contributed by atoms with van der Waals surface area (Å²) in [6.45, 7) is 2.49. The highest BCUT2D eigenvalue weighted by atomic mass is 127. The lowest BCUT2D eigenvalue weighted by molar-refractivity contribution is -0.134. The van der Waals surface area contributed by atoms with Crippen molar-refractivity contribution in [2.45, 2.75) is 6.42 Å². The van der Waals surface area contributed by atoms with Crippen molar-refractivity contribution in [2.75, 3.05) is 31.6 Å². The molecule has 2 aromatic carbocycles. The number of nitrogens with one attached hydrogen (secondary N) is 1. The molecule has 0 bridgehead atoms. The van der Waals surface area contributed by atoms with Crippen molar-refractivity contribution < 1.29 is 14.3 Å². The molecule has 1 saturated heterocycles. The molecule has 0 atom stereocenters. The summed E-state index contributed by atoms with van der Waals surface area (Å²) in [5.41, 5.74) is 2.17. The second-order valence-corrected chi connectivity index (χ2v) is 7.54. The predicted octanol–water partition coefficient (Wildman–Crippen LogP) is 3.60. The Balaban J connectivity index is 1.60. The van der Waals surface area contributed by atoms with E-state index in [9.17, 15) is 9.59 Å². The molecular formula is C19H18ClIN2O3. The van der Waals surface area contributed by atoms with E-state index < -0.39 is 0 Å². The van der Waals surface area contributed by atoms with Gasteiger partial charge in [-0.3, -0.25) is 9.59 Å². The van der Waals surface area contributed by atoms with Crippen molar-refractivity contribution >= 4 is 51.7 Å². The third kappa shape index (κ3) is 4.96. The summed E-state index contributed by atoms with van der Waals surface area (Å²) in [5.74, 6) is -0.0935. The molecule has 7 heteroatoms. The van der Waals surface area contributed by atoms with Gasteiger partial charge in [0.2, 0.25) is 5.91 Å². The average Bonchev–Trinajstić information content (AvgIpc) is 2.64. The van der Waals surface area contributed by atoms with E-state index in [4.69, 9.17) is 16.3 Å². The van der Waals surface area contributed by atoms with E-state index in [-0.39, 0.29) is 11.8 Å². The SMILES string of the molecule is O=C(Nc1ccc(CC(=O)N2CCOCC2)cc1)c1ccc(Cl)cc1I. The van der Waals surface area contributed by atoms with E-state index in [1.165, 1.54) is 0 Å². The number of nitrogens with zero attached hydrogens (tertiary/aromatic N) is 1. The molecule has 1 N–H and O–H groups in total. The standard InChI is InChI=1S/C19H18ClIN2O3/c20-14-3-6-16(17(21)12-14)19(25)22-15-4-1-13(2-5-15)11-18(24)23-7-9-26-10-8-23/h1-6,12H,7-11H2,(H,22,25). The second kappa shape index (κ2) is 8.83. The Morgan fingerprint density at radius 1 is 1.12 bits per heavy atom. The predicted molar refractivity (Wildman–Crippen MR) is 110 cm³/mol. The quantitative estimate of drug-likeness (QED) is 0.675. The summed E-state index contributed by atoms with van der Waals surface area (Å²) in [4.78, 5) is 26.5. The lowest BCUT2D eigenvalue weighted by atomic mass is 10.1. The molecule has 5 nitrogen and oxygen atoms in total. The van der Waals surface area contributed by atoms with Crippen LogP contribution in [0.2, 0.25) is 5.02 Å². The Morgan fingerprint density at radius 3 is 2.46 bits per heavy atom. The molecule has 0 radical (unpaired) electrons. The van der Waals surface area contributed by atoms with Crippen molar-refractivity contribution in [1.82, 2.24) is 4.90 Å². The summed E-state index contributed by atoms with van der Waals surface area (Å²) in [7, 11) is 0. The van der Waals surface area contributed by atoms with Crippen LogP contribution in [-0.2, 0) is 16.0 Å². The van der Waals surface area contributed by atoms with Crippen molar-refractivity contribution in [3.8, 4) is 0 Å². The number of amides is 2. The van der Waals surface area contributed by atoms with Crippen LogP contribution in [0.25, 0.3) is 0 Å². The maximum atomic E-state index is 12.4. The van der Waals surface area contributed by atoms with Crippen LogP contribution in [0.1, 0.15) is 15.9 Å². The number of ether oxygens (including phenoxy) is 1. The third-order valence-corrected chi connectivity index (χ3v) is 5.23. The fraction of sp³-hybridized carbons (Fsp3) is 0.263. The number of carbonyl (C=O) groups excluding carboxylic acids is 2. The van der Waals surface area contributed by atoms with Crippen LogP contribution in [0.15, 0.2) is 42.5 Å². The van der Waals surface area contributed by atoms with E-state index in [2.05, 4.69) is 27.9 Å². The first-order chi connectivity index (χ1) is 12.5. The van der Waals surface area contributed by atoms with Crippen molar-refractivity contribution in [3.63, 3.8) is 0 Å². The molecule has 1 aliphatic heterocycles. The Morgan fingerprint density at radius 2 is 1.81 bits per heavy atom. The monoisotopic (exact) mass is 484 g/mol. The van der Waals surface area contributed by atoms with E-state index in [1.54, 1.807) is 18.2 Å². The maximum Gasteiger partial charge on any atom is 0.256 e. The number of hydrogen-bond donors (Lipinski definition) is 1. The van der Waals surface area contributed by atoms with Crippen LogP contribution < -0.4 is 5.32 Å². The topological polar surface area (TPSA) is 58.6 Å². The van der Waals surface area contributed by atoms with Crippen LogP contribution in [0, 0.1) is 3.57 Å². The first kappa shape index (κ1) is 19.1. The molecule has 0 unspecified atom stereocenters. The van der Waals surface area contributed by atoms with Gasteiger partial charge in [0.1, 0.15) is 0 Å². The number of anilines is 1. The number of rotatable bonds is 4. The molecule has 2 aromatic rings. The number of carbonyl (C=O) groups is 2. The van der Waals surface area contributed by atoms with Gasteiger partial charge in [0.15, 0.2) is 0 Å². The van der Waals surface area contributed by atoms with Gasteiger partial charge < -0.3 is 15.0 Å². The average molecular weight is 485 g/mol. The lowest BCUT2D eigenvalue weighted by Gasteiger charge is -2.26. The molecular weight excluding hydrogens is 467 g/mol. The minimum atomic E-state index is -0.191. The minimum absolute atomic E-state index is 0.0980. The zero-order valence-electron chi connectivity index (χ0n) is 14.0. The zero-order chi connectivity index (χ0) is 18.5. The van der Waals surface area contributed by atoms with Gasteiger partial charge in [-0.05, 0) is 58.5 Å². The molecule has 136 valence electrons. The molecule has 1 heterocycles. The smallest absolute Gasteiger partial charge is 0.256 e. The second-order valence-electron chi connectivity index (χ2n) is 5.95. The Kier molecular flexibility index (Phi) is 6.50. The molecule has 26 heavy (non-hydrogen) atoms. The number of halogens is 2. The summed E-state index contributed by atoms with van der Waals surface area (Å²) in [5, 5.41) is 3.46. The number of hydrogen-bond acceptors (Lipinski definition) is 3. The van der Waals surface area contributed by atoms with Crippen molar-refractivity contribution in [2.24, 2.45) is 0 Å². The minimum Gasteiger partial charge on any atom is -0.378 e. The first-order valence-corrected chi connectivity index (χ1v) is 9.69. The first-order valence-electron chi connectivity index (χ1n) is 8.24. The van der Waals surface area contributed by atoms with Gasteiger partial charge in [-0.1, -0.05) is 23.7 Å². The zero-order valence-corrected chi connectivity index (χ0v) is 16.9. The summed E-state index contributed by atoms with van der Waals surface area (Å²) >= 11 is 8.01. The van der Waals surface area contributed by atoms with Gasteiger partial charge in [0, 0.05) is 27.4 Å².